The molecular weight excluding hydrogens is 362 g/mol. The lowest BCUT2D eigenvalue weighted by atomic mass is 10.1. The molecule has 0 unspecified atom stereocenters. The average molecular weight is 392 g/mol. The molecule has 2 aromatic rings. The van der Waals surface area contributed by atoms with Crippen molar-refractivity contribution in [3.8, 4) is 5.75 Å². The zero-order valence-corrected chi connectivity index (χ0v) is 17.5. The van der Waals surface area contributed by atoms with Crippen LogP contribution in [0.4, 0.5) is 20.7 Å². The Morgan fingerprint density at radius 1 is 1.11 bits per heavy atom. The molecule has 0 saturated heterocycles. The molecular formula is C19H29N5O2S. The molecule has 0 aliphatic heterocycles. The fourth-order valence-corrected chi connectivity index (χ4v) is 3.37. The monoisotopic (exact) mass is 391 g/mol. The Bertz CT molecular complexity index is 722. The van der Waals surface area contributed by atoms with Gasteiger partial charge in [-0.15, -0.1) is 10.2 Å². The van der Waals surface area contributed by atoms with Gasteiger partial charge in [0.15, 0.2) is 0 Å². The van der Waals surface area contributed by atoms with E-state index < -0.39 is 0 Å². The molecule has 0 bridgehead atoms. The molecule has 148 valence electrons. The highest BCUT2D eigenvalue weighted by Crippen LogP contribution is 2.27. The summed E-state index contributed by atoms with van der Waals surface area (Å²) in [5, 5.41) is 15.2. The molecule has 0 spiro atoms. The predicted octanol–water partition coefficient (Wildman–Crippen LogP) is 4.70. The maximum atomic E-state index is 12.3. The number of aromatic nitrogens is 2. The van der Waals surface area contributed by atoms with Crippen molar-refractivity contribution < 1.29 is 9.53 Å². The lowest BCUT2D eigenvalue weighted by Gasteiger charge is -2.25. The van der Waals surface area contributed by atoms with Crippen molar-refractivity contribution in [2.24, 2.45) is 11.8 Å². The van der Waals surface area contributed by atoms with Gasteiger partial charge in [-0.3, -0.25) is 5.32 Å². The fourth-order valence-electron chi connectivity index (χ4n) is 2.61. The number of carbonyl (C=O) groups excluding carboxylic acids is 1. The number of nitrogens with zero attached hydrogens (tertiary/aromatic N) is 3. The minimum Gasteiger partial charge on any atom is -0.492 e. The van der Waals surface area contributed by atoms with Gasteiger partial charge < -0.3 is 15.0 Å². The van der Waals surface area contributed by atoms with Crippen molar-refractivity contribution in [1.82, 2.24) is 10.2 Å². The van der Waals surface area contributed by atoms with E-state index in [-0.39, 0.29) is 6.03 Å². The number of rotatable bonds is 9. The second-order valence-corrected chi connectivity index (χ2v) is 8.05. The normalized spacial score (nSPS) is 10.9. The van der Waals surface area contributed by atoms with Gasteiger partial charge in [0.2, 0.25) is 10.3 Å². The topological polar surface area (TPSA) is 79.4 Å². The minimum atomic E-state index is -0.371. The number of anilines is 3. The van der Waals surface area contributed by atoms with Crippen LogP contribution < -0.4 is 20.3 Å². The Morgan fingerprint density at radius 3 is 2.41 bits per heavy atom. The molecule has 2 rings (SSSR count). The number of hydrogen-bond donors (Lipinski definition) is 2. The molecule has 7 nitrogen and oxygen atoms in total. The number of carbonyl (C=O) groups is 1. The number of nitrogens with one attached hydrogen (secondary N) is 2. The van der Waals surface area contributed by atoms with E-state index in [1.807, 2.05) is 25.1 Å². The van der Waals surface area contributed by atoms with Gasteiger partial charge in [0, 0.05) is 13.1 Å². The van der Waals surface area contributed by atoms with E-state index in [0.29, 0.717) is 35.0 Å². The van der Waals surface area contributed by atoms with Crippen LogP contribution in [0.25, 0.3) is 0 Å². The van der Waals surface area contributed by atoms with Crippen LogP contribution in [0, 0.1) is 11.8 Å². The molecule has 1 heterocycles. The zero-order chi connectivity index (χ0) is 19.8. The number of para-hydroxylation sites is 2. The molecule has 0 saturated carbocycles. The number of ether oxygens (including phenoxy) is 1. The van der Waals surface area contributed by atoms with E-state index in [0.717, 1.165) is 18.2 Å². The second kappa shape index (κ2) is 10.1. The van der Waals surface area contributed by atoms with Crippen LogP contribution in [0.2, 0.25) is 0 Å². The van der Waals surface area contributed by atoms with Crippen LogP contribution in [0.15, 0.2) is 24.3 Å². The molecule has 2 amide bonds. The number of hydrogen-bond acceptors (Lipinski definition) is 6. The summed E-state index contributed by atoms with van der Waals surface area (Å²) in [6, 6.07) is 6.95. The molecule has 1 aromatic carbocycles. The Kier molecular flexibility index (Phi) is 7.84. The number of urea groups is 1. The van der Waals surface area contributed by atoms with Crippen LogP contribution in [0.5, 0.6) is 5.75 Å². The highest BCUT2D eigenvalue weighted by Gasteiger charge is 2.17. The fraction of sp³-hybridized carbons (Fsp3) is 0.526. The molecule has 0 fully saturated rings. The van der Waals surface area contributed by atoms with Gasteiger partial charge in [0.1, 0.15) is 5.75 Å². The maximum Gasteiger partial charge on any atom is 0.325 e. The molecule has 0 aliphatic rings. The van der Waals surface area contributed by atoms with Crippen LogP contribution >= 0.6 is 11.3 Å². The van der Waals surface area contributed by atoms with E-state index in [4.69, 9.17) is 4.74 Å². The number of benzene rings is 1. The van der Waals surface area contributed by atoms with Crippen molar-refractivity contribution in [2.75, 3.05) is 35.2 Å². The van der Waals surface area contributed by atoms with Crippen molar-refractivity contribution in [3.05, 3.63) is 24.3 Å². The molecule has 0 aliphatic carbocycles. The largest absolute Gasteiger partial charge is 0.492 e. The van der Waals surface area contributed by atoms with Gasteiger partial charge >= 0.3 is 6.03 Å². The van der Waals surface area contributed by atoms with Crippen LogP contribution in [0.3, 0.4) is 0 Å². The Morgan fingerprint density at radius 2 is 1.78 bits per heavy atom. The quantitative estimate of drug-likeness (QED) is 0.648. The third kappa shape index (κ3) is 6.71. The van der Waals surface area contributed by atoms with Gasteiger partial charge in [-0.05, 0) is 30.9 Å². The van der Waals surface area contributed by atoms with Gasteiger partial charge in [-0.1, -0.05) is 51.2 Å². The van der Waals surface area contributed by atoms with Crippen LogP contribution in [-0.2, 0) is 0 Å². The summed E-state index contributed by atoms with van der Waals surface area (Å²) in [6.45, 7) is 12.9. The summed E-state index contributed by atoms with van der Waals surface area (Å²) in [7, 11) is 0. The van der Waals surface area contributed by atoms with E-state index in [9.17, 15) is 4.79 Å². The Labute approximate surface area is 165 Å². The minimum absolute atomic E-state index is 0.371. The third-order valence-electron chi connectivity index (χ3n) is 3.51. The lowest BCUT2D eigenvalue weighted by molar-refractivity contribution is 0.262. The summed E-state index contributed by atoms with van der Waals surface area (Å²) in [4.78, 5) is 14.5. The molecule has 27 heavy (non-hydrogen) atoms. The van der Waals surface area contributed by atoms with Gasteiger partial charge in [-0.2, -0.15) is 0 Å². The molecule has 8 heteroatoms. The molecule has 2 N–H and O–H groups in total. The highest BCUT2D eigenvalue weighted by molar-refractivity contribution is 7.19. The first-order valence-electron chi connectivity index (χ1n) is 9.27. The SMILES string of the molecule is CCOc1ccccc1NC(=O)Nc1nnc(N(CC(C)C)CC(C)C)s1. The van der Waals surface area contributed by atoms with Crippen LogP contribution in [0.1, 0.15) is 34.6 Å². The van der Waals surface area contributed by atoms with Crippen molar-refractivity contribution in [3.63, 3.8) is 0 Å². The van der Waals surface area contributed by atoms with Gasteiger partial charge in [0.25, 0.3) is 0 Å². The lowest BCUT2D eigenvalue weighted by Crippen LogP contribution is -2.31. The van der Waals surface area contributed by atoms with Gasteiger partial charge in [0.05, 0.1) is 12.3 Å². The summed E-state index contributed by atoms with van der Waals surface area (Å²) >= 11 is 1.38. The van der Waals surface area contributed by atoms with E-state index in [1.54, 1.807) is 6.07 Å². The molecule has 0 radical (unpaired) electrons. The standard InChI is InChI=1S/C19H29N5O2S/c1-6-26-16-10-8-7-9-15(16)20-17(25)21-18-22-23-19(27-18)24(11-13(2)3)12-14(4)5/h7-10,13-14H,6,11-12H2,1-5H3,(H2,20,21,22,25). The van der Waals surface area contributed by atoms with E-state index in [2.05, 4.69) is 53.4 Å². The maximum absolute atomic E-state index is 12.3. The van der Waals surface area contributed by atoms with Crippen molar-refractivity contribution >= 4 is 33.3 Å². The van der Waals surface area contributed by atoms with E-state index >= 15 is 0 Å². The first-order chi connectivity index (χ1) is 12.9. The smallest absolute Gasteiger partial charge is 0.325 e. The van der Waals surface area contributed by atoms with Crippen LogP contribution in [-0.4, -0.2) is 35.9 Å². The number of amides is 2. The van der Waals surface area contributed by atoms with Crippen molar-refractivity contribution in [2.45, 2.75) is 34.6 Å². The summed E-state index contributed by atoms with van der Waals surface area (Å²) in [6.07, 6.45) is 0. The van der Waals surface area contributed by atoms with E-state index in [1.165, 1.54) is 11.3 Å². The van der Waals surface area contributed by atoms with Gasteiger partial charge in [-0.25, -0.2) is 4.79 Å². The summed E-state index contributed by atoms with van der Waals surface area (Å²) in [5.74, 6) is 1.66. The van der Waals surface area contributed by atoms with Crippen molar-refractivity contribution in [1.29, 1.82) is 0 Å². The zero-order valence-electron chi connectivity index (χ0n) is 16.7. The summed E-state index contributed by atoms with van der Waals surface area (Å²) in [5.41, 5.74) is 0.614. The Balaban J connectivity index is 2.03. The molecule has 1 aromatic heterocycles. The highest BCUT2D eigenvalue weighted by atomic mass is 32.1. The Hall–Kier alpha value is -2.35. The summed E-state index contributed by atoms with van der Waals surface area (Å²) < 4.78 is 5.52. The average Bonchev–Trinajstić information content (AvgIpc) is 3.04. The third-order valence-corrected chi connectivity index (χ3v) is 4.41. The first kappa shape index (κ1) is 21.0. The second-order valence-electron chi connectivity index (χ2n) is 7.09. The first-order valence-corrected chi connectivity index (χ1v) is 10.1. The predicted molar refractivity (Wildman–Crippen MR) is 112 cm³/mol. The molecule has 0 atom stereocenters.